The SMILES string of the molecule is C=C1/C(=C\C=C2CCC[C@]3(C)[C@@H]([C@H](C)C=CC=CCC(=O)O)CC[C@@H]23)C[C@H](O)C[C@H]1O. The van der Waals surface area contributed by atoms with Gasteiger partial charge in [0.25, 0.3) is 0 Å². The van der Waals surface area contributed by atoms with E-state index in [1.54, 1.807) is 6.08 Å². The van der Waals surface area contributed by atoms with Gasteiger partial charge < -0.3 is 15.3 Å². The van der Waals surface area contributed by atoms with E-state index in [9.17, 15) is 15.0 Å². The maximum atomic E-state index is 10.6. The smallest absolute Gasteiger partial charge is 0.307 e. The average Bonchev–Trinajstić information content (AvgIpc) is 3.06. The Morgan fingerprint density at radius 2 is 2.03 bits per heavy atom. The number of aliphatic hydroxyl groups is 2. The average molecular weight is 427 g/mol. The maximum absolute atomic E-state index is 10.6. The van der Waals surface area contributed by atoms with E-state index < -0.39 is 18.2 Å². The van der Waals surface area contributed by atoms with Gasteiger partial charge in [-0.2, -0.15) is 0 Å². The van der Waals surface area contributed by atoms with Crippen molar-refractivity contribution in [2.75, 3.05) is 0 Å². The van der Waals surface area contributed by atoms with Crippen molar-refractivity contribution in [2.45, 2.75) is 77.4 Å². The van der Waals surface area contributed by atoms with E-state index in [2.05, 4.69) is 38.7 Å². The molecule has 31 heavy (non-hydrogen) atoms. The van der Waals surface area contributed by atoms with Crippen molar-refractivity contribution < 1.29 is 20.1 Å². The molecule has 0 unspecified atom stereocenters. The Hall–Kier alpha value is -1.91. The zero-order valence-corrected chi connectivity index (χ0v) is 19.0. The number of allylic oxidation sites excluding steroid dienone is 6. The summed E-state index contributed by atoms with van der Waals surface area (Å²) in [5.41, 5.74) is 3.51. The molecule has 0 bridgehead atoms. The first-order chi connectivity index (χ1) is 14.7. The molecular weight excluding hydrogens is 388 g/mol. The highest BCUT2D eigenvalue weighted by atomic mass is 16.4. The van der Waals surface area contributed by atoms with Crippen LogP contribution in [0.3, 0.4) is 0 Å². The number of carboxylic acids is 1. The second-order valence-corrected chi connectivity index (χ2v) is 9.93. The molecule has 0 amide bonds. The molecule has 4 heteroatoms. The number of aliphatic hydroxyl groups excluding tert-OH is 2. The van der Waals surface area contributed by atoms with Gasteiger partial charge in [0.2, 0.25) is 0 Å². The lowest BCUT2D eigenvalue weighted by molar-refractivity contribution is -0.136. The second kappa shape index (κ2) is 10.1. The van der Waals surface area contributed by atoms with Gasteiger partial charge in [0.05, 0.1) is 18.6 Å². The van der Waals surface area contributed by atoms with Gasteiger partial charge in [-0.3, -0.25) is 4.79 Å². The number of hydrogen-bond donors (Lipinski definition) is 3. The molecule has 4 nitrogen and oxygen atoms in total. The predicted octanol–water partition coefficient (Wildman–Crippen LogP) is 5.35. The molecular formula is C27H38O4. The fourth-order valence-corrected chi connectivity index (χ4v) is 6.23. The summed E-state index contributed by atoms with van der Waals surface area (Å²) in [7, 11) is 0. The van der Waals surface area contributed by atoms with Gasteiger partial charge in [0.1, 0.15) is 0 Å². The van der Waals surface area contributed by atoms with Crippen LogP contribution in [-0.4, -0.2) is 33.5 Å². The Labute approximate surface area is 186 Å². The number of aliphatic carboxylic acids is 1. The van der Waals surface area contributed by atoms with Crippen LogP contribution < -0.4 is 0 Å². The van der Waals surface area contributed by atoms with E-state index in [1.807, 2.05) is 12.2 Å². The van der Waals surface area contributed by atoms with E-state index in [0.29, 0.717) is 30.6 Å². The Morgan fingerprint density at radius 1 is 1.26 bits per heavy atom. The van der Waals surface area contributed by atoms with Gasteiger partial charge >= 0.3 is 5.97 Å². The van der Waals surface area contributed by atoms with E-state index in [4.69, 9.17) is 5.11 Å². The Bertz CT molecular complexity index is 802. The van der Waals surface area contributed by atoms with Crippen LogP contribution in [0, 0.1) is 23.2 Å². The molecule has 3 saturated carbocycles. The normalized spacial score (nSPS) is 37.7. The molecule has 0 aromatic heterocycles. The molecule has 0 aromatic carbocycles. The second-order valence-electron chi connectivity index (χ2n) is 9.93. The molecule has 170 valence electrons. The van der Waals surface area contributed by atoms with Crippen molar-refractivity contribution in [1.82, 2.24) is 0 Å². The molecule has 3 N–H and O–H groups in total. The molecule has 0 spiro atoms. The summed E-state index contributed by atoms with van der Waals surface area (Å²) in [6.07, 6.45) is 18.0. The zero-order chi connectivity index (χ0) is 22.6. The largest absolute Gasteiger partial charge is 0.481 e. The van der Waals surface area contributed by atoms with E-state index in [-0.39, 0.29) is 11.8 Å². The van der Waals surface area contributed by atoms with Gasteiger partial charge in [0, 0.05) is 6.42 Å². The minimum atomic E-state index is -0.804. The van der Waals surface area contributed by atoms with Gasteiger partial charge in [-0.15, -0.1) is 0 Å². The standard InChI is InChI=1S/C27H38O4/c1-18(8-5-4-6-10-26(30)31)23-13-14-24-20(9-7-15-27(23,24)3)11-12-21-16-22(28)17-25(29)19(21)2/h4-6,8,11-12,18,22-25,28-29H,2,7,9-10,13-17H2,1,3H3,(H,30,31)/b6-4?,8-5?,20-11?,21-12-/t18-,22+,23-,24+,25-,27-/m1/s1. The van der Waals surface area contributed by atoms with E-state index in [0.717, 1.165) is 17.6 Å². The summed E-state index contributed by atoms with van der Waals surface area (Å²) < 4.78 is 0. The van der Waals surface area contributed by atoms with Crippen molar-refractivity contribution in [3.05, 3.63) is 59.8 Å². The lowest BCUT2D eigenvalue weighted by Gasteiger charge is -2.44. The summed E-state index contributed by atoms with van der Waals surface area (Å²) in [5.74, 6) is 0.839. The highest BCUT2D eigenvalue weighted by Gasteiger charge is 2.50. The number of carboxylic acid groups (broad SMARTS) is 1. The third-order valence-corrected chi connectivity index (χ3v) is 7.89. The lowest BCUT2D eigenvalue weighted by Crippen LogP contribution is -2.35. The number of rotatable bonds is 6. The fourth-order valence-electron chi connectivity index (χ4n) is 6.23. The summed E-state index contributed by atoms with van der Waals surface area (Å²) in [6, 6.07) is 0. The molecule has 0 radical (unpaired) electrons. The third-order valence-electron chi connectivity index (χ3n) is 7.89. The van der Waals surface area contributed by atoms with E-state index >= 15 is 0 Å². The summed E-state index contributed by atoms with van der Waals surface area (Å²) in [4.78, 5) is 10.6. The summed E-state index contributed by atoms with van der Waals surface area (Å²) in [6.45, 7) is 8.77. The monoisotopic (exact) mass is 426 g/mol. The molecule has 3 aliphatic carbocycles. The number of hydrogen-bond acceptors (Lipinski definition) is 3. The quantitative estimate of drug-likeness (QED) is 0.500. The lowest BCUT2D eigenvalue weighted by atomic mass is 9.61. The van der Waals surface area contributed by atoms with Crippen molar-refractivity contribution in [3.63, 3.8) is 0 Å². The Balaban J connectivity index is 1.72. The zero-order valence-electron chi connectivity index (χ0n) is 19.0. The maximum Gasteiger partial charge on any atom is 0.307 e. The topological polar surface area (TPSA) is 77.8 Å². The first kappa shape index (κ1) is 23.7. The molecule has 3 rings (SSSR count). The van der Waals surface area contributed by atoms with Gasteiger partial charge in [0.15, 0.2) is 0 Å². The minimum Gasteiger partial charge on any atom is -0.481 e. The molecule has 0 saturated heterocycles. The van der Waals surface area contributed by atoms with Crippen LogP contribution in [0.25, 0.3) is 0 Å². The van der Waals surface area contributed by atoms with Crippen LogP contribution in [0.4, 0.5) is 0 Å². The molecule has 3 aliphatic rings. The van der Waals surface area contributed by atoms with Gasteiger partial charge in [-0.1, -0.05) is 62.5 Å². The molecule has 0 heterocycles. The van der Waals surface area contributed by atoms with Crippen LogP contribution in [0.15, 0.2) is 59.8 Å². The van der Waals surface area contributed by atoms with Crippen LogP contribution in [0.1, 0.15) is 65.2 Å². The Morgan fingerprint density at radius 3 is 2.77 bits per heavy atom. The molecule has 0 aromatic rings. The first-order valence-electron chi connectivity index (χ1n) is 11.7. The van der Waals surface area contributed by atoms with Gasteiger partial charge in [-0.05, 0) is 72.8 Å². The number of fused-ring (bicyclic) bond motifs is 1. The molecule has 3 fully saturated rings. The molecule has 6 atom stereocenters. The Kier molecular flexibility index (Phi) is 7.77. The van der Waals surface area contributed by atoms with Crippen LogP contribution in [0.2, 0.25) is 0 Å². The van der Waals surface area contributed by atoms with Crippen molar-refractivity contribution in [2.24, 2.45) is 23.2 Å². The summed E-state index contributed by atoms with van der Waals surface area (Å²) in [5, 5.41) is 28.9. The van der Waals surface area contributed by atoms with Crippen LogP contribution >= 0.6 is 0 Å². The van der Waals surface area contributed by atoms with Crippen molar-refractivity contribution >= 4 is 5.97 Å². The highest BCUT2D eigenvalue weighted by molar-refractivity contribution is 5.68. The van der Waals surface area contributed by atoms with Gasteiger partial charge in [-0.25, -0.2) is 0 Å². The minimum absolute atomic E-state index is 0.0616. The van der Waals surface area contributed by atoms with Crippen molar-refractivity contribution in [1.29, 1.82) is 0 Å². The highest BCUT2D eigenvalue weighted by Crippen LogP contribution is 2.59. The third kappa shape index (κ3) is 5.48. The van der Waals surface area contributed by atoms with Crippen LogP contribution in [0.5, 0.6) is 0 Å². The summed E-state index contributed by atoms with van der Waals surface area (Å²) >= 11 is 0. The van der Waals surface area contributed by atoms with Crippen molar-refractivity contribution in [3.8, 4) is 0 Å². The number of carbonyl (C=O) groups is 1. The fraction of sp³-hybridized carbons (Fsp3) is 0.593. The first-order valence-corrected chi connectivity index (χ1v) is 11.7. The van der Waals surface area contributed by atoms with Crippen LogP contribution in [-0.2, 0) is 4.79 Å². The molecule has 0 aliphatic heterocycles. The van der Waals surface area contributed by atoms with E-state index in [1.165, 1.54) is 31.3 Å². The predicted molar refractivity (Wildman–Crippen MR) is 124 cm³/mol.